The molecule has 0 fully saturated rings. The van der Waals surface area contributed by atoms with Crippen molar-refractivity contribution in [2.24, 2.45) is 0 Å². The number of halogens is 4. The summed E-state index contributed by atoms with van der Waals surface area (Å²) in [6, 6.07) is 4.81. The van der Waals surface area contributed by atoms with Crippen LogP contribution in [0.3, 0.4) is 0 Å². The number of hydrogen-bond acceptors (Lipinski definition) is 5. The standard InChI is InChI=1S/C13H9F4N3O2S/c14-8-3-1-7(2-4-8)9(21)5-6-10(22)18-12-20-19-11(23-12)13(15,16)17/h1-4H,5-6H2,(H,18,20,22). The van der Waals surface area contributed by atoms with Crippen LogP contribution in [0.1, 0.15) is 28.2 Å². The number of ketones is 1. The molecule has 0 saturated heterocycles. The largest absolute Gasteiger partial charge is 0.445 e. The maximum Gasteiger partial charge on any atom is 0.445 e. The van der Waals surface area contributed by atoms with Crippen LogP contribution in [0, 0.1) is 5.82 Å². The molecular formula is C13H9F4N3O2S. The van der Waals surface area contributed by atoms with Crippen molar-refractivity contribution in [1.82, 2.24) is 10.2 Å². The summed E-state index contributed by atoms with van der Waals surface area (Å²) in [6.07, 6.45) is -5.03. The van der Waals surface area contributed by atoms with E-state index in [-0.39, 0.29) is 40.7 Å². The molecule has 0 aliphatic carbocycles. The van der Waals surface area contributed by atoms with Gasteiger partial charge in [0.15, 0.2) is 5.78 Å². The van der Waals surface area contributed by atoms with E-state index in [1.165, 1.54) is 12.1 Å². The number of carbonyl (C=O) groups excluding carboxylic acids is 2. The third-order valence-electron chi connectivity index (χ3n) is 2.66. The zero-order valence-electron chi connectivity index (χ0n) is 11.4. The molecule has 0 spiro atoms. The van der Waals surface area contributed by atoms with Gasteiger partial charge in [0.1, 0.15) is 5.82 Å². The van der Waals surface area contributed by atoms with Crippen LogP contribution in [0.5, 0.6) is 0 Å². The molecule has 0 aliphatic heterocycles. The number of benzene rings is 1. The van der Waals surface area contributed by atoms with Gasteiger partial charge >= 0.3 is 6.18 Å². The predicted molar refractivity (Wildman–Crippen MR) is 73.5 cm³/mol. The summed E-state index contributed by atoms with van der Waals surface area (Å²) in [5.41, 5.74) is 0.245. The number of hydrogen-bond donors (Lipinski definition) is 1. The molecule has 1 N–H and O–H groups in total. The summed E-state index contributed by atoms with van der Waals surface area (Å²) in [5.74, 6) is -1.53. The highest BCUT2D eigenvalue weighted by Crippen LogP contribution is 2.32. The number of rotatable bonds is 5. The minimum Gasteiger partial charge on any atom is -0.301 e. The van der Waals surface area contributed by atoms with Crippen LogP contribution in [-0.2, 0) is 11.0 Å². The molecule has 1 heterocycles. The van der Waals surface area contributed by atoms with E-state index >= 15 is 0 Å². The lowest BCUT2D eigenvalue weighted by atomic mass is 10.1. The minimum absolute atomic E-state index is 0.164. The van der Waals surface area contributed by atoms with Crippen molar-refractivity contribution in [3.05, 3.63) is 40.7 Å². The highest BCUT2D eigenvalue weighted by molar-refractivity contribution is 7.15. The molecule has 0 atom stereocenters. The average molecular weight is 347 g/mol. The van der Waals surface area contributed by atoms with Crippen LogP contribution >= 0.6 is 11.3 Å². The van der Waals surface area contributed by atoms with Crippen LogP contribution in [-0.4, -0.2) is 21.9 Å². The second-order valence-electron chi connectivity index (χ2n) is 4.39. The Bertz CT molecular complexity index is 713. The molecular weight excluding hydrogens is 338 g/mol. The smallest absolute Gasteiger partial charge is 0.301 e. The van der Waals surface area contributed by atoms with Crippen molar-refractivity contribution >= 4 is 28.2 Å². The SMILES string of the molecule is O=C(CCC(=O)c1ccc(F)cc1)Nc1nnc(C(F)(F)F)s1. The first-order valence-electron chi connectivity index (χ1n) is 6.25. The van der Waals surface area contributed by atoms with Gasteiger partial charge in [0.2, 0.25) is 16.0 Å². The number of aromatic nitrogens is 2. The number of alkyl halides is 3. The molecule has 122 valence electrons. The second-order valence-corrected chi connectivity index (χ2v) is 5.37. The van der Waals surface area contributed by atoms with Crippen molar-refractivity contribution in [3.8, 4) is 0 Å². The first kappa shape index (κ1) is 17.0. The Morgan fingerprint density at radius 1 is 1.09 bits per heavy atom. The van der Waals surface area contributed by atoms with Gasteiger partial charge in [0.25, 0.3) is 0 Å². The number of nitrogens with one attached hydrogen (secondary N) is 1. The molecule has 0 bridgehead atoms. The minimum atomic E-state index is -4.63. The van der Waals surface area contributed by atoms with Gasteiger partial charge in [-0.25, -0.2) is 4.39 Å². The fraction of sp³-hybridized carbons (Fsp3) is 0.231. The highest BCUT2D eigenvalue weighted by atomic mass is 32.1. The predicted octanol–water partition coefficient (Wildman–Crippen LogP) is 3.30. The molecule has 1 aromatic carbocycles. The lowest BCUT2D eigenvalue weighted by Gasteiger charge is -2.02. The summed E-state index contributed by atoms with van der Waals surface area (Å²) >= 11 is 0.195. The van der Waals surface area contributed by atoms with Gasteiger partial charge in [-0.05, 0) is 24.3 Å². The Morgan fingerprint density at radius 3 is 2.30 bits per heavy atom. The van der Waals surface area contributed by atoms with Crippen molar-refractivity contribution < 1.29 is 27.2 Å². The van der Waals surface area contributed by atoms with Gasteiger partial charge in [0, 0.05) is 18.4 Å². The van der Waals surface area contributed by atoms with Gasteiger partial charge in [0.05, 0.1) is 0 Å². The number of amides is 1. The van der Waals surface area contributed by atoms with Crippen molar-refractivity contribution in [1.29, 1.82) is 0 Å². The van der Waals surface area contributed by atoms with E-state index in [1.807, 2.05) is 0 Å². The highest BCUT2D eigenvalue weighted by Gasteiger charge is 2.35. The fourth-order valence-corrected chi connectivity index (χ4v) is 2.20. The Labute approximate surface area is 131 Å². The summed E-state index contributed by atoms with van der Waals surface area (Å²) in [4.78, 5) is 23.4. The maximum absolute atomic E-state index is 12.7. The number of Topliss-reactive ketones (excluding diaryl/α,β-unsaturated/α-hetero) is 1. The molecule has 0 aliphatic rings. The molecule has 0 radical (unpaired) electrons. The van der Waals surface area contributed by atoms with Gasteiger partial charge in [-0.1, -0.05) is 11.3 Å². The second kappa shape index (κ2) is 6.82. The first-order valence-corrected chi connectivity index (χ1v) is 7.06. The third kappa shape index (κ3) is 4.81. The number of nitrogens with zero attached hydrogens (tertiary/aromatic N) is 2. The average Bonchev–Trinajstić information content (AvgIpc) is 2.94. The van der Waals surface area contributed by atoms with Crippen LogP contribution in [0.2, 0.25) is 0 Å². The maximum atomic E-state index is 12.7. The van der Waals surface area contributed by atoms with Gasteiger partial charge < -0.3 is 5.32 Å². The van der Waals surface area contributed by atoms with Crippen LogP contribution in [0.4, 0.5) is 22.7 Å². The Kier molecular flexibility index (Phi) is 5.04. The van der Waals surface area contributed by atoms with Crippen molar-refractivity contribution in [2.45, 2.75) is 19.0 Å². The topological polar surface area (TPSA) is 72.0 Å². The summed E-state index contributed by atoms with van der Waals surface area (Å²) < 4.78 is 49.7. The van der Waals surface area contributed by atoms with Crippen molar-refractivity contribution in [3.63, 3.8) is 0 Å². The summed E-state index contributed by atoms with van der Waals surface area (Å²) in [5, 5.41) is 6.80. The summed E-state index contributed by atoms with van der Waals surface area (Å²) in [7, 11) is 0. The van der Waals surface area contributed by atoms with E-state index < -0.39 is 22.9 Å². The number of carbonyl (C=O) groups is 2. The normalized spacial score (nSPS) is 11.3. The van der Waals surface area contributed by atoms with E-state index in [0.717, 1.165) is 12.1 Å². The zero-order chi connectivity index (χ0) is 17.0. The molecule has 1 aromatic heterocycles. The van der Waals surface area contributed by atoms with E-state index in [1.54, 1.807) is 0 Å². The van der Waals surface area contributed by atoms with Crippen LogP contribution in [0.25, 0.3) is 0 Å². The third-order valence-corrected chi connectivity index (χ3v) is 3.54. The number of anilines is 1. The first-order chi connectivity index (χ1) is 10.8. The van der Waals surface area contributed by atoms with E-state index in [9.17, 15) is 27.2 Å². The van der Waals surface area contributed by atoms with Crippen LogP contribution < -0.4 is 5.32 Å². The van der Waals surface area contributed by atoms with Crippen molar-refractivity contribution in [2.75, 3.05) is 5.32 Å². The molecule has 23 heavy (non-hydrogen) atoms. The van der Waals surface area contributed by atoms with Gasteiger partial charge in [-0.15, -0.1) is 10.2 Å². The Balaban J connectivity index is 1.86. The molecule has 0 unspecified atom stereocenters. The van der Waals surface area contributed by atoms with Gasteiger partial charge in [-0.3, -0.25) is 9.59 Å². The molecule has 1 amide bonds. The lowest BCUT2D eigenvalue weighted by Crippen LogP contribution is -2.13. The van der Waals surface area contributed by atoms with E-state index in [2.05, 4.69) is 15.5 Å². The quantitative estimate of drug-likeness (QED) is 0.665. The molecule has 2 rings (SSSR count). The lowest BCUT2D eigenvalue weighted by molar-refractivity contribution is -0.138. The summed E-state index contributed by atoms with van der Waals surface area (Å²) in [6.45, 7) is 0. The van der Waals surface area contributed by atoms with E-state index in [0.29, 0.717) is 0 Å². The van der Waals surface area contributed by atoms with E-state index in [4.69, 9.17) is 0 Å². The van der Waals surface area contributed by atoms with Crippen LogP contribution in [0.15, 0.2) is 24.3 Å². The monoisotopic (exact) mass is 347 g/mol. The molecule has 2 aromatic rings. The molecule has 0 saturated carbocycles. The Morgan fingerprint density at radius 2 is 1.74 bits per heavy atom. The zero-order valence-corrected chi connectivity index (χ0v) is 12.2. The molecule has 10 heteroatoms. The van der Waals surface area contributed by atoms with Gasteiger partial charge in [-0.2, -0.15) is 13.2 Å². The molecule has 5 nitrogen and oxygen atoms in total. The fourth-order valence-electron chi connectivity index (χ4n) is 1.58. The Hall–Kier alpha value is -2.36.